The van der Waals surface area contributed by atoms with E-state index in [0.717, 1.165) is 16.9 Å². The Labute approximate surface area is 127 Å². The van der Waals surface area contributed by atoms with Gasteiger partial charge in [-0.15, -0.1) is 0 Å². The fourth-order valence-electron chi connectivity index (χ4n) is 2.24. The van der Waals surface area contributed by atoms with E-state index in [0.29, 0.717) is 19.4 Å². The van der Waals surface area contributed by atoms with Crippen molar-refractivity contribution in [2.75, 3.05) is 0 Å². The highest BCUT2D eigenvalue weighted by molar-refractivity contribution is 5.76. The third-order valence-electron chi connectivity index (χ3n) is 3.43. The number of nitrogens with zero attached hydrogens (tertiary/aromatic N) is 2. The first-order chi connectivity index (χ1) is 10.7. The van der Waals surface area contributed by atoms with Crippen LogP contribution < -0.4 is 5.32 Å². The quantitative estimate of drug-likeness (QED) is 0.787. The van der Waals surface area contributed by atoms with Crippen molar-refractivity contribution in [1.29, 1.82) is 0 Å². The molecule has 0 saturated carbocycles. The summed E-state index contributed by atoms with van der Waals surface area (Å²) in [4.78, 5) is 16.3. The van der Waals surface area contributed by atoms with E-state index < -0.39 is 0 Å². The molecule has 1 N–H and O–H groups in total. The molecule has 1 aromatic carbocycles. The average Bonchev–Trinajstić information content (AvgIpc) is 2.95. The second-order valence-electron chi connectivity index (χ2n) is 5.10. The minimum Gasteiger partial charge on any atom is -0.352 e. The van der Waals surface area contributed by atoms with E-state index >= 15 is 0 Å². The van der Waals surface area contributed by atoms with E-state index in [1.165, 1.54) is 12.1 Å². The molecular formula is C17H16FN3O. The number of carbonyl (C=O) groups excluding carboxylic acids is 1. The molecule has 0 unspecified atom stereocenters. The maximum absolute atomic E-state index is 12.8. The molecule has 112 valence electrons. The highest BCUT2D eigenvalue weighted by Gasteiger charge is 2.05. The number of pyridine rings is 1. The van der Waals surface area contributed by atoms with Gasteiger partial charge in [-0.1, -0.05) is 18.2 Å². The Hall–Kier alpha value is -2.69. The molecule has 0 spiro atoms. The summed E-state index contributed by atoms with van der Waals surface area (Å²) in [5.74, 6) is -0.316. The second-order valence-corrected chi connectivity index (χ2v) is 5.10. The highest BCUT2D eigenvalue weighted by Crippen LogP contribution is 2.07. The fourth-order valence-corrected chi connectivity index (χ4v) is 2.24. The number of hydrogen-bond acceptors (Lipinski definition) is 2. The van der Waals surface area contributed by atoms with Crippen LogP contribution in [0.5, 0.6) is 0 Å². The minimum atomic E-state index is -0.276. The monoisotopic (exact) mass is 297 g/mol. The zero-order valence-corrected chi connectivity index (χ0v) is 12.0. The predicted molar refractivity (Wildman–Crippen MR) is 81.8 cm³/mol. The third kappa shape index (κ3) is 3.49. The van der Waals surface area contributed by atoms with E-state index in [1.807, 2.05) is 35.0 Å². The first-order valence-corrected chi connectivity index (χ1v) is 7.14. The molecule has 4 nitrogen and oxygen atoms in total. The summed E-state index contributed by atoms with van der Waals surface area (Å²) in [7, 11) is 0. The molecule has 22 heavy (non-hydrogen) atoms. The van der Waals surface area contributed by atoms with Gasteiger partial charge < -0.3 is 9.72 Å². The molecule has 0 atom stereocenters. The van der Waals surface area contributed by atoms with Crippen molar-refractivity contribution in [2.45, 2.75) is 19.4 Å². The van der Waals surface area contributed by atoms with Crippen LogP contribution in [0.2, 0.25) is 0 Å². The van der Waals surface area contributed by atoms with E-state index in [4.69, 9.17) is 0 Å². The molecule has 2 aromatic heterocycles. The summed E-state index contributed by atoms with van der Waals surface area (Å²) in [6.07, 6.45) is 4.84. The highest BCUT2D eigenvalue weighted by atomic mass is 19.1. The van der Waals surface area contributed by atoms with Gasteiger partial charge in [0.1, 0.15) is 11.5 Å². The minimum absolute atomic E-state index is 0.0404. The van der Waals surface area contributed by atoms with Gasteiger partial charge in [0.25, 0.3) is 0 Å². The Morgan fingerprint density at radius 3 is 2.77 bits per heavy atom. The lowest BCUT2D eigenvalue weighted by Crippen LogP contribution is -2.23. The molecule has 0 saturated heterocycles. The Bertz CT molecular complexity index is 747. The van der Waals surface area contributed by atoms with Crippen molar-refractivity contribution in [2.24, 2.45) is 0 Å². The summed E-state index contributed by atoms with van der Waals surface area (Å²) in [6, 6.07) is 11.9. The maximum Gasteiger partial charge on any atom is 0.220 e. The van der Waals surface area contributed by atoms with Crippen LogP contribution in [0.25, 0.3) is 5.65 Å². The maximum atomic E-state index is 12.8. The first-order valence-electron chi connectivity index (χ1n) is 7.14. The van der Waals surface area contributed by atoms with Gasteiger partial charge in [0.15, 0.2) is 0 Å². The summed E-state index contributed by atoms with van der Waals surface area (Å²) in [5.41, 5.74) is 2.65. The van der Waals surface area contributed by atoms with Crippen molar-refractivity contribution in [3.05, 3.63) is 71.9 Å². The smallest absolute Gasteiger partial charge is 0.220 e. The number of carbonyl (C=O) groups is 1. The summed E-state index contributed by atoms with van der Waals surface area (Å²) in [5, 5.41) is 2.83. The lowest BCUT2D eigenvalue weighted by molar-refractivity contribution is -0.121. The van der Waals surface area contributed by atoms with Crippen LogP contribution in [-0.4, -0.2) is 15.3 Å². The molecular weight excluding hydrogens is 281 g/mol. The second kappa shape index (κ2) is 6.39. The Morgan fingerprint density at radius 1 is 1.18 bits per heavy atom. The topological polar surface area (TPSA) is 46.4 Å². The molecule has 3 aromatic rings. The molecule has 0 radical (unpaired) electrons. The Morgan fingerprint density at radius 2 is 2.00 bits per heavy atom. The zero-order chi connectivity index (χ0) is 15.4. The Kier molecular flexibility index (Phi) is 4.14. The standard InChI is InChI=1S/C17H16FN3O/c18-14-6-4-13(5-7-14)11-19-17(22)9-8-15-12-21-10-2-1-3-16(21)20-15/h1-7,10,12H,8-9,11H2,(H,19,22). The number of fused-ring (bicyclic) bond motifs is 1. The number of aryl methyl sites for hydroxylation is 1. The largest absolute Gasteiger partial charge is 0.352 e. The van der Waals surface area contributed by atoms with Crippen LogP contribution in [0.15, 0.2) is 54.9 Å². The van der Waals surface area contributed by atoms with Gasteiger partial charge in [0.2, 0.25) is 5.91 Å². The van der Waals surface area contributed by atoms with Gasteiger partial charge >= 0.3 is 0 Å². The number of halogens is 1. The van der Waals surface area contributed by atoms with E-state index in [2.05, 4.69) is 10.3 Å². The summed E-state index contributed by atoms with van der Waals surface area (Å²) >= 11 is 0. The number of imidazole rings is 1. The van der Waals surface area contributed by atoms with Gasteiger partial charge in [-0.2, -0.15) is 0 Å². The SMILES string of the molecule is O=C(CCc1cn2ccccc2n1)NCc1ccc(F)cc1. The molecule has 0 fully saturated rings. The summed E-state index contributed by atoms with van der Waals surface area (Å²) < 4.78 is 14.7. The molecule has 3 rings (SSSR count). The fraction of sp³-hybridized carbons (Fsp3) is 0.176. The average molecular weight is 297 g/mol. The molecule has 5 heteroatoms. The van der Waals surface area contributed by atoms with Crippen LogP contribution in [0.1, 0.15) is 17.7 Å². The van der Waals surface area contributed by atoms with E-state index in [9.17, 15) is 9.18 Å². The summed E-state index contributed by atoms with van der Waals surface area (Å²) in [6.45, 7) is 0.407. The number of nitrogens with one attached hydrogen (secondary N) is 1. The number of hydrogen-bond donors (Lipinski definition) is 1. The van der Waals surface area contributed by atoms with Crippen molar-refractivity contribution in [3.8, 4) is 0 Å². The molecule has 0 aliphatic carbocycles. The van der Waals surface area contributed by atoms with Gasteiger partial charge in [0, 0.05) is 25.4 Å². The Balaban J connectivity index is 1.50. The van der Waals surface area contributed by atoms with E-state index in [1.54, 1.807) is 12.1 Å². The molecule has 0 aliphatic rings. The number of amides is 1. The molecule has 1 amide bonds. The lowest BCUT2D eigenvalue weighted by atomic mass is 10.2. The number of aromatic nitrogens is 2. The van der Waals surface area contributed by atoms with Gasteiger partial charge in [0.05, 0.1) is 5.69 Å². The zero-order valence-electron chi connectivity index (χ0n) is 12.0. The van der Waals surface area contributed by atoms with Crippen LogP contribution in [0, 0.1) is 5.82 Å². The predicted octanol–water partition coefficient (Wildman–Crippen LogP) is 2.72. The third-order valence-corrected chi connectivity index (χ3v) is 3.43. The number of benzene rings is 1. The van der Waals surface area contributed by atoms with Crippen LogP contribution in [-0.2, 0) is 17.8 Å². The molecule has 0 aliphatic heterocycles. The number of rotatable bonds is 5. The van der Waals surface area contributed by atoms with Crippen LogP contribution >= 0.6 is 0 Å². The van der Waals surface area contributed by atoms with Crippen LogP contribution in [0.4, 0.5) is 4.39 Å². The normalized spacial score (nSPS) is 10.8. The molecule has 2 heterocycles. The van der Waals surface area contributed by atoms with Gasteiger partial charge in [-0.05, 0) is 36.2 Å². The first kappa shape index (κ1) is 14.3. The van der Waals surface area contributed by atoms with Crippen molar-refractivity contribution in [1.82, 2.24) is 14.7 Å². The van der Waals surface area contributed by atoms with Gasteiger partial charge in [-0.25, -0.2) is 9.37 Å². The van der Waals surface area contributed by atoms with Crippen molar-refractivity contribution in [3.63, 3.8) is 0 Å². The van der Waals surface area contributed by atoms with Crippen molar-refractivity contribution < 1.29 is 9.18 Å². The van der Waals surface area contributed by atoms with E-state index in [-0.39, 0.29) is 11.7 Å². The van der Waals surface area contributed by atoms with Crippen LogP contribution in [0.3, 0.4) is 0 Å². The van der Waals surface area contributed by atoms with Crippen molar-refractivity contribution >= 4 is 11.6 Å². The lowest BCUT2D eigenvalue weighted by Gasteiger charge is -2.04. The molecule has 0 bridgehead atoms. The van der Waals surface area contributed by atoms with Gasteiger partial charge in [-0.3, -0.25) is 4.79 Å².